The van der Waals surface area contributed by atoms with Gasteiger partial charge in [0.2, 0.25) is 21.8 Å². The zero-order chi connectivity index (χ0) is 28.8. The van der Waals surface area contributed by atoms with E-state index in [0.29, 0.717) is 29.0 Å². The molecule has 39 heavy (non-hydrogen) atoms. The summed E-state index contributed by atoms with van der Waals surface area (Å²) in [4.78, 5) is 0. The smallest absolute Gasteiger partial charge is 0.347 e. The number of methoxy groups -OCH3 is 2. The van der Waals surface area contributed by atoms with Crippen molar-refractivity contribution in [3.8, 4) is 28.8 Å². The van der Waals surface area contributed by atoms with E-state index in [1.807, 2.05) is 0 Å². The van der Waals surface area contributed by atoms with Crippen molar-refractivity contribution in [1.29, 1.82) is 0 Å². The highest BCUT2D eigenvalue weighted by atomic mass is 32.2. The van der Waals surface area contributed by atoms with E-state index in [1.54, 1.807) is 44.2 Å². The molecule has 0 aliphatic carbocycles. The number of anilines is 1. The second kappa shape index (κ2) is 12.7. The molecule has 3 rings (SSSR count). The Bertz CT molecular complexity index is 1360. The average Bonchev–Trinajstić information content (AvgIpc) is 3.52. The Kier molecular flexibility index (Phi) is 10.0. The van der Waals surface area contributed by atoms with Gasteiger partial charge in [-0.2, -0.15) is 0 Å². The van der Waals surface area contributed by atoms with Gasteiger partial charge in [0.05, 0.1) is 33.7 Å². The van der Waals surface area contributed by atoms with Crippen LogP contribution in [0.5, 0.6) is 11.5 Å². The summed E-state index contributed by atoms with van der Waals surface area (Å²) in [6, 6.07) is 9.14. The van der Waals surface area contributed by atoms with Crippen LogP contribution in [0.25, 0.3) is 17.3 Å². The van der Waals surface area contributed by atoms with Crippen molar-refractivity contribution in [1.82, 2.24) is 14.8 Å². The van der Waals surface area contributed by atoms with Crippen LogP contribution >= 0.6 is 7.60 Å². The summed E-state index contributed by atoms with van der Waals surface area (Å²) < 4.78 is 71.6. The minimum atomic E-state index is -4.32. The van der Waals surface area contributed by atoms with Crippen LogP contribution < -0.4 is 13.8 Å². The monoisotopic (exact) mass is 600 g/mol. The third kappa shape index (κ3) is 7.31. The normalized spacial score (nSPS) is 12.5. The minimum absolute atomic E-state index is 0.0267. The molecule has 0 saturated heterocycles. The van der Waals surface area contributed by atoms with E-state index in [9.17, 15) is 13.0 Å². The van der Waals surface area contributed by atoms with Gasteiger partial charge in [0.1, 0.15) is 17.2 Å². The molecule has 0 fully saturated rings. The van der Waals surface area contributed by atoms with Gasteiger partial charge >= 0.3 is 7.60 Å². The Morgan fingerprint density at radius 2 is 1.62 bits per heavy atom. The SMILES string of the molecule is CCOP(=O)(CS(=O)(=O)N(CC[Si](C)(C)C)c1nnc(-c2ccco2)n1-c1c(OC)cccc1OC)OCC. The van der Waals surface area contributed by atoms with E-state index < -0.39 is 31.2 Å². The third-order valence-corrected chi connectivity index (χ3v) is 12.2. The van der Waals surface area contributed by atoms with Gasteiger partial charge in [0, 0.05) is 14.6 Å². The van der Waals surface area contributed by atoms with E-state index >= 15 is 0 Å². The summed E-state index contributed by atoms with van der Waals surface area (Å²) >= 11 is 0. The first-order chi connectivity index (χ1) is 18.4. The maximum Gasteiger partial charge on any atom is 0.347 e. The number of sulfonamides is 1. The van der Waals surface area contributed by atoms with Gasteiger partial charge in [-0.15, -0.1) is 10.2 Å². The van der Waals surface area contributed by atoms with Crippen LogP contribution in [0.15, 0.2) is 41.0 Å². The van der Waals surface area contributed by atoms with E-state index in [4.69, 9.17) is 22.9 Å². The second-order valence-corrected chi connectivity index (χ2v) is 19.7. The van der Waals surface area contributed by atoms with E-state index in [0.717, 1.165) is 4.31 Å². The molecule has 0 spiro atoms. The zero-order valence-corrected chi connectivity index (χ0v) is 26.1. The molecule has 3 aromatic rings. The number of benzene rings is 1. The molecule has 216 valence electrons. The lowest BCUT2D eigenvalue weighted by atomic mass is 10.2. The molecule has 0 atom stereocenters. The van der Waals surface area contributed by atoms with Crippen LogP contribution in [0, 0.1) is 0 Å². The van der Waals surface area contributed by atoms with Crippen molar-refractivity contribution in [2.75, 3.05) is 43.8 Å². The number of rotatable bonds is 15. The van der Waals surface area contributed by atoms with Crippen LogP contribution in [0.1, 0.15) is 13.8 Å². The van der Waals surface area contributed by atoms with Gasteiger partial charge in [-0.3, -0.25) is 9.13 Å². The minimum Gasteiger partial charge on any atom is -0.494 e. The van der Waals surface area contributed by atoms with Gasteiger partial charge in [0.25, 0.3) is 0 Å². The maximum atomic E-state index is 14.0. The molecule has 2 aromatic heterocycles. The number of furan rings is 1. The molecule has 0 amide bonds. The van der Waals surface area contributed by atoms with Crippen LogP contribution in [0.2, 0.25) is 25.7 Å². The number of aromatic nitrogens is 3. The zero-order valence-electron chi connectivity index (χ0n) is 23.4. The number of ether oxygens (including phenoxy) is 2. The summed E-state index contributed by atoms with van der Waals surface area (Å²) in [6.07, 6.45) is 1.48. The fourth-order valence-corrected chi connectivity index (χ4v) is 9.24. The standard InChI is InChI=1S/C24H37N4O8PSSi/c1-8-35-37(29,36-9-2)18-38(30,31)27(15-17-39(5,6)7)24-26-25-23(21-14-11-16-34-21)28(24)22-19(32-3)12-10-13-20(22)33-4/h10-14,16H,8-9,15,17-18H2,1-7H3. The first-order valence-corrected chi connectivity index (χ1v) is 19.5. The average molecular weight is 601 g/mol. The Morgan fingerprint density at radius 1 is 1.00 bits per heavy atom. The molecule has 1 aromatic carbocycles. The molecule has 2 heterocycles. The maximum absolute atomic E-state index is 14.0. The summed E-state index contributed by atoms with van der Waals surface area (Å²) in [5.41, 5.74) is -0.487. The molecule has 0 unspecified atom stereocenters. The van der Waals surface area contributed by atoms with E-state index in [2.05, 4.69) is 29.8 Å². The Morgan fingerprint density at radius 3 is 2.10 bits per heavy atom. The van der Waals surface area contributed by atoms with Crippen LogP contribution in [-0.2, 0) is 23.6 Å². The lowest BCUT2D eigenvalue weighted by Crippen LogP contribution is -2.39. The fourth-order valence-electron chi connectivity index (χ4n) is 3.84. The summed E-state index contributed by atoms with van der Waals surface area (Å²) in [5, 5.41) is 8.64. The highest BCUT2D eigenvalue weighted by Crippen LogP contribution is 2.50. The number of hydrogen-bond donors (Lipinski definition) is 0. The summed E-state index contributed by atoms with van der Waals surface area (Å²) in [7, 11) is -7.07. The lowest BCUT2D eigenvalue weighted by molar-refractivity contribution is 0.223. The number of para-hydroxylation sites is 1. The van der Waals surface area contributed by atoms with Gasteiger partial charge in [-0.05, 0) is 44.2 Å². The molecule has 0 aliphatic rings. The Hall–Kier alpha value is -2.64. The lowest BCUT2D eigenvalue weighted by Gasteiger charge is -2.28. The van der Waals surface area contributed by atoms with Crippen molar-refractivity contribution in [3.05, 3.63) is 36.6 Å². The van der Waals surface area contributed by atoms with Gasteiger partial charge in [0.15, 0.2) is 11.3 Å². The second-order valence-electron chi connectivity index (χ2n) is 9.72. The van der Waals surface area contributed by atoms with Crippen LogP contribution in [0.4, 0.5) is 5.95 Å². The highest BCUT2D eigenvalue weighted by molar-refractivity contribution is 7.98. The fraction of sp³-hybridized carbons (Fsp3) is 0.500. The van der Waals surface area contributed by atoms with Crippen molar-refractivity contribution < 1.29 is 35.9 Å². The summed E-state index contributed by atoms with van der Waals surface area (Å²) in [6.45, 7) is 9.77. The molecule has 0 bridgehead atoms. The molecule has 0 N–H and O–H groups in total. The molecule has 0 saturated carbocycles. The van der Waals surface area contributed by atoms with Crippen molar-refractivity contribution in [2.24, 2.45) is 0 Å². The summed E-state index contributed by atoms with van der Waals surface area (Å²) in [5.74, 6) is 1.31. The van der Waals surface area contributed by atoms with E-state index in [-0.39, 0.29) is 31.5 Å². The largest absolute Gasteiger partial charge is 0.494 e. The van der Waals surface area contributed by atoms with Crippen molar-refractivity contribution in [3.63, 3.8) is 0 Å². The Balaban J connectivity index is 2.31. The molecule has 12 nitrogen and oxygen atoms in total. The Labute approximate surface area is 230 Å². The highest BCUT2D eigenvalue weighted by Gasteiger charge is 2.39. The molecule has 0 aliphatic heterocycles. The number of nitrogens with zero attached hydrogens (tertiary/aromatic N) is 4. The van der Waals surface area contributed by atoms with Gasteiger partial charge in [-0.1, -0.05) is 25.7 Å². The molecule has 15 heteroatoms. The molecule has 0 radical (unpaired) electrons. The van der Waals surface area contributed by atoms with Crippen LogP contribution in [0.3, 0.4) is 0 Å². The predicted molar refractivity (Wildman–Crippen MR) is 152 cm³/mol. The van der Waals surface area contributed by atoms with Gasteiger partial charge in [-0.25, -0.2) is 12.7 Å². The van der Waals surface area contributed by atoms with Crippen molar-refractivity contribution in [2.45, 2.75) is 39.5 Å². The van der Waals surface area contributed by atoms with Gasteiger partial charge < -0.3 is 22.9 Å². The first kappa shape index (κ1) is 30.9. The van der Waals surface area contributed by atoms with Crippen molar-refractivity contribution >= 4 is 31.6 Å². The first-order valence-electron chi connectivity index (χ1n) is 12.5. The quantitative estimate of drug-likeness (QED) is 0.168. The predicted octanol–water partition coefficient (Wildman–Crippen LogP) is 5.24. The third-order valence-electron chi connectivity index (χ3n) is 5.61. The van der Waals surface area contributed by atoms with E-state index in [1.165, 1.54) is 25.0 Å². The molecular weight excluding hydrogens is 563 g/mol. The topological polar surface area (TPSA) is 135 Å². The number of hydrogen-bond acceptors (Lipinski definition) is 10. The van der Waals surface area contributed by atoms with Crippen LogP contribution in [-0.4, -0.2) is 70.7 Å². The molecular formula is C24H37N4O8PSSi.